The summed E-state index contributed by atoms with van der Waals surface area (Å²) >= 11 is 1.51. The Morgan fingerprint density at radius 1 is 1.11 bits per heavy atom. The third kappa shape index (κ3) is 2.35. The number of phenols is 1. The fourth-order valence-corrected chi connectivity index (χ4v) is 2.69. The number of hydrogen-bond acceptors (Lipinski definition) is 4. The number of aryl methyl sites for hydroxylation is 1. The quantitative estimate of drug-likeness (QED) is 0.767. The third-order valence-corrected chi connectivity index (χ3v) is 3.69. The van der Waals surface area contributed by atoms with Gasteiger partial charge in [0.05, 0.1) is 11.3 Å². The number of aromatic hydroxyl groups is 1. The second-order valence-corrected chi connectivity index (χ2v) is 5.13. The summed E-state index contributed by atoms with van der Waals surface area (Å²) in [6.45, 7) is 2.00. The van der Waals surface area contributed by atoms with Gasteiger partial charge in [0.15, 0.2) is 0 Å². The van der Waals surface area contributed by atoms with Crippen LogP contribution in [0.15, 0.2) is 48.0 Å². The molecule has 0 unspecified atom stereocenters. The van der Waals surface area contributed by atoms with Gasteiger partial charge < -0.3 is 5.11 Å². The standard InChI is InChI=1S/C15H12N2OS/c1-10-5-6-14(18)11(8-10)15-17-13(9-19-15)12-4-2-3-7-16-12/h2-9,18H,1H3. The number of pyridine rings is 1. The average molecular weight is 268 g/mol. The molecular formula is C15H12N2OS. The minimum atomic E-state index is 0.257. The Labute approximate surface area is 115 Å². The van der Waals surface area contributed by atoms with Gasteiger partial charge in [0, 0.05) is 11.6 Å². The molecule has 2 aromatic heterocycles. The summed E-state index contributed by atoms with van der Waals surface area (Å²) in [5.74, 6) is 0.257. The first kappa shape index (κ1) is 11.9. The minimum absolute atomic E-state index is 0.257. The number of phenolic OH excluding ortho intramolecular Hbond substituents is 1. The predicted molar refractivity (Wildman–Crippen MR) is 77.2 cm³/mol. The van der Waals surface area contributed by atoms with Gasteiger partial charge in [-0.3, -0.25) is 4.98 Å². The van der Waals surface area contributed by atoms with Gasteiger partial charge in [0.25, 0.3) is 0 Å². The van der Waals surface area contributed by atoms with Gasteiger partial charge in [-0.05, 0) is 31.2 Å². The van der Waals surface area contributed by atoms with Gasteiger partial charge >= 0.3 is 0 Å². The smallest absolute Gasteiger partial charge is 0.127 e. The highest BCUT2D eigenvalue weighted by atomic mass is 32.1. The summed E-state index contributed by atoms with van der Waals surface area (Å²) in [6.07, 6.45) is 1.75. The summed E-state index contributed by atoms with van der Waals surface area (Å²) in [4.78, 5) is 8.83. The molecule has 1 N–H and O–H groups in total. The van der Waals surface area contributed by atoms with Gasteiger partial charge in [-0.1, -0.05) is 17.7 Å². The van der Waals surface area contributed by atoms with Crippen molar-refractivity contribution in [3.8, 4) is 27.7 Å². The highest BCUT2D eigenvalue weighted by Crippen LogP contribution is 2.34. The molecule has 3 rings (SSSR count). The van der Waals surface area contributed by atoms with E-state index < -0.39 is 0 Å². The van der Waals surface area contributed by atoms with Crippen molar-refractivity contribution < 1.29 is 5.11 Å². The Morgan fingerprint density at radius 3 is 2.79 bits per heavy atom. The number of rotatable bonds is 2. The van der Waals surface area contributed by atoms with Gasteiger partial charge in [-0.2, -0.15) is 0 Å². The number of thiazole rings is 1. The van der Waals surface area contributed by atoms with Crippen LogP contribution in [-0.2, 0) is 0 Å². The third-order valence-electron chi connectivity index (χ3n) is 2.81. The van der Waals surface area contributed by atoms with Crippen LogP contribution in [0.5, 0.6) is 5.75 Å². The Balaban J connectivity index is 2.04. The van der Waals surface area contributed by atoms with Gasteiger partial charge in [0.2, 0.25) is 0 Å². The van der Waals surface area contributed by atoms with E-state index in [1.54, 1.807) is 12.3 Å². The maximum Gasteiger partial charge on any atom is 0.127 e. The van der Waals surface area contributed by atoms with Crippen molar-refractivity contribution in [3.63, 3.8) is 0 Å². The normalized spacial score (nSPS) is 10.6. The first-order valence-corrected chi connectivity index (χ1v) is 6.79. The Hall–Kier alpha value is -2.20. The van der Waals surface area contributed by atoms with E-state index >= 15 is 0 Å². The molecule has 3 aromatic rings. The molecule has 0 aliphatic rings. The van der Waals surface area contributed by atoms with E-state index in [0.29, 0.717) is 0 Å². The first-order chi connectivity index (χ1) is 9.24. The van der Waals surface area contributed by atoms with E-state index in [0.717, 1.165) is 27.5 Å². The highest BCUT2D eigenvalue weighted by molar-refractivity contribution is 7.13. The van der Waals surface area contributed by atoms with Crippen molar-refractivity contribution in [2.24, 2.45) is 0 Å². The monoisotopic (exact) mass is 268 g/mol. The molecule has 0 bridgehead atoms. The zero-order chi connectivity index (χ0) is 13.2. The summed E-state index contributed by atoms with van der Waals surface area (Å²) in [6, 6.07) is 11.3. The van der Waals surface area contributed by atoms with E-state index in [4.69, 9.17) is 0 Å². The Kier molecular flexibility index (Phi) is 3.01. The second kappa shape index (κ2) is 4.82. The maximum atomic E-state index is 9.92. The summed E-state index contributed by atoms with van der Waals surface area (Å²) in [5.41, 5.74) is 3.55. The zero-order valence-corrected chi connectivity index (χ0v) is 11.2. The molecule has 0 saturated carbocycles. The summed E-state index contributed by atoms with van der Waals surface area (Å²) in [7, 11) is 0. The van der Waals surface area contributed by atoms with E-state index in [1.807, 2.05) is 42.6 Å². The van der Waals surface area contributed by atoms with Crippen LogP contribution in [0.2, 0.25) is 0 Å². The molecule has 0 atom stereocenters. The van der Waals surface area contributed by atoms with Crippen molar-refractivity contribution in [1.29, 1.82) is 0 Å². The summed E-state index contributed by atoms with van der Waals surface area (Å²) < 4.78 is 0. The largest absolute Gasteiger partial charge is 0.507 e. The summed E-state index contributed by atoms with van der Waals surface area (Å²) in [5, 5.41) is 12.7. The highest BCUT2D eigenvalue weighted by Gasteiger charge is 2.10. The molecule has 0 aliphatic carbocycles. The van der Waals surface area contributed by atoms with Crippen LogP contribution in [0, 0.1) is 6.92 Å². The van der Waals surface area contributed by atoms with Crippen LogP contribution < -0.4 is 0 Å². The topological polar surface area (TPSA) is 46.0 Å². The molecule has 3 nitrogen and oxygen atoms in total. The molecule has 0 amide bonds. The molecule has 4 heteroatoms. The van der Waals surface area contributed by atoms with Crippen LogP contribution in [0.3, 0.4) is 0 Å². The average Bonchev–Trinajstić information content (AvgIpc) is 2.92. The van der Waals surface area contributed by atoms with Gasteiger partial charge in [-0.15, -0.1) is 11.3 Å². The lowest BCUT2D eigenvalue weighted by molar-refractivity contribution is 0.477. The Morgan fingerprint density at radius 2 is 2.00 bits per heavy atom. The van der Waals surface area contributed by atoms with Crippen LogP contribution in [0.25, 0.3) is 22.0 Å². The molecule has 0 radical (unpaired) electrons. The fourth-order valence-electron chi connectivity index (χ4n) is 1.85. The zero-order valence-electron chi connectivity index (χ0n) is 10.4. The van der Waals surface area contributed by atoms with Crippen molar-refractivity contribution in [2.75, 3.05) is 0 Å². The molecule has 94 valence electrons. The lowest BCUT2D eigenvalue weighted by atomic mass is 10.1. The molecule has 2 heterocycles. The number of aromatic nitrogens is 2. The number of nitrogens with zero attached hydrogens (tertiary/aromatic N) is 2. The molecule has 1 aromatic carbocycles. The van der Waals surface area contributed by atoms with Crippen LogP contribution in [0.4, 0.5) is 0 Å². The lowest BCUT2D eigenvalue weighted by Crippen LogP contribution is -1.83. The second-order valence-electron chi connectivity index (χ2n) is 4.27. The van der Waals surface area contributed by atoms with Crippen molar-refractivity contribution in [1.82, 2.24) is 9.97 Å². The van der Waals surface area contributed by atoms with E-state index in [-0.39, 0.29) is 5.75 Å². The molecule has 19 heavy (non-hydrogen) atoms. The maximum absolute atomic E-state index is 9.92. The SMILES string of the molecule is Cc1ccc(O)c(-c2nc(-c3ccccn3)cs2)c1. The number of hydrogen-bond donors (Lipinski definition) is 1. The van der Waals surface area contributed by atoms with Gasteiger partial charge in [-0.25, -0.2) is 4.98 Å². The van der Waals surface area contributed by atoms with Crippen molar-refractivity contribution in [3.05, 3.63) is 53.5 Å². The lowest BCUT2D eigenvalue weighted by Gasteiger charge is -2.02. The van der Waals surface area contributed by atoms with Crippen LogP contribution in [-0.4, -0.2) is 15.1 Å². The minimum Gasteiger partial charge on any atom is -0.507 e. The predicted octanol–water partition coefficient (Wildman–Crippen LogP) is 3.89. The number of benzene rings is 1. The molecule has 0 aliphatic heterocycles. The first-order valence-electron chi connectivity index (χ1n) is 5.91. The Bertz CT molecular complexity index is 707. The molecule has 0 saturated heterocycles. The van der Waals surface area contributed by atoms with E-state index in [1.165, 1.54) is 11.3 Å². The van der Waals surface area contributed by atoms with E-state index in [9.17, 15) is 5.11 Å². The van der Waals surface area contributed by atoms with Crippen LogP contribution in [0.1, 0.15) is 5.56 Å². The fraction of sp³-hybridized carbons (Fsp3) is 0.0667. The van der Waals surface area contributed by atoms with E-state index in [2.05, 4.69) is 9.97 Å². The van der Waals surface area contributed by atoms with Crippen molar-refractivity contribution >= 4 is 11.3 Å². The molecule has 0 spiro atoms. The van der Waals surface area contributed by atoms with Crippen molar-refractivity contribution in [2.45, 2.75) is 6.92 Å². The van der Waals surface area contributed by atoms with Crippen LogP contribution >= 0.6 is 11.3 Å². The molecular weight excluding hydrogens is 256 g/mol. The van der Waals surface area contributed by atoms with Gasteiger partial charge in [0.1, 0.15) is 16.5 Å². The molecule has 0 fully saturated rings.